The first kappa shape index (κ1) is 9.67. The van der Waals surface area contributed by atoms with Gasteiger partial charge in [-0.3, -0.25) is 4.79 Å². The summed E-state index contributed by atoms with van der Waals surface area (Å²) in [7, 11) is 1.47. The largest absolute Gasteiger partial charge is 0.480 e. The van der Waals surface area contributed by atoms with Crippen LogP contribution in [0.25, 0.3) is 6.08 Å². The molecule has 68 valence electrons. The van der Waals surface area contributed by atoms with Crippen LogP contribution in [0.4, 0.5) is 0 Å². The van der Waals surface area contributed by atoms with Crippen LogP contribution in [0.3, 0.4) is 0 Å². The van der Waals surface area contributed by atoms with Crippen LogP contribution in [0.15, 0.2) is 12.3 Å². The highest BCUT2D eigenvalue weighted by Gasteiger charge is 2.02. The average Bonchev–Trinajstić information content (AvgIpc) is 2.16. The number of methoxy groups -OCH3 is 1. The molecule has 0 aromatic carbocycles. The highest BCUT2D eigenvalue weighted by molar-refractivity contribution is 6.28. The van der Waals surface area contributed by atoms with Crippen LogP contribution < -0.4 is 4.74 Å². The van der Waals surface area contributed by atoms with Gasteiger partial charge in [0.05, 0.1) is 12.7 Å². The van der Waals surface area contributed by atoms with Crippen molar-refractivity contribution >= 4 is 24.0 Å². The van der Waals surface area contributed by atoms with Crippen molar-refractivity contribution in [3.63, 3.8) is 0 Å². The molecule has 5 heteroatoms. The van der Waals surface area contributed by atoms with Gasteiger partial charge in [-0.05, 0) is 23.8 Å². The van der Waals surface area contributed by atoms with Gasteiger partial charge in [0, 0.05) is 6.20 Å². The minimum absolute atomic E-state index is 0.111. The number of aldehydes is 1. The minimum atomic E-state index is 0.111. The monoisotopic (exact) mass is 198 g/mol. The Labute approximate surface area is 80.2 Å². The van der Waals surface area contributed by atoms with Gasteiger partial charge in [-0.15, -0.1) is 0 Å². The zero-order valence-electron chi connectivity index (χ0n) is 6.90. The van der Waals surface area contributed by atoms with E-state index in [1.54, 1.807) is 6.08 Å². The second kappa shape index (κ2) is 4.57. The predicted octanol–water partition coefficient (Wildman–Crippen LogP) is 1.35. The van der Waals surface area contributed by atoms with Crippen molar-refractivity contribution in [2.45, 2.75) is 0 Å². The summed E-state index contributed by atoms with van der Waals surface area (Å²) in [6.07, 6.45) is 5.01. The van der Waals surface area contributed by atoms with Gasteiger partial charge in [0.15, 0.2) is 0 Å². The van der Waals surface area contributed by atoms with Gasteiger partial charge in [0.2, 0.25) is 11.2 Å². The van der Waals surface area contributed by atoms with Crippen molar-refractivity contribution in [3.8, 4) is 5.88 Å². The minimum Gasteiger partial charge on any atom is -0.480 e. The molecule has 0 aliphatic heterocycles. The summed E-state index contributed by atoms with van der Waals surface area (Å²) in [4.78, 5) is 17.6. The summed E-state index contributed by atoms with van der Waals surface area (Å²) in [5.74, 6) is 0.345. The summed E-state index contributed by atoms with van der Waals surface area (Å²) in [6, 6.07) is 0. The normalized spacial score (nSPS) is 10.3. The molecule has 0 unspecified atom stereocenters. The third-order valence-electron chi connectivity index (χ3n) is 1.30. The Morgan fingerprint density at radius 1 is 1.62 bits per heavy atom. The molecule has 0 bridgehead atoms. The van der Waals surface area contributed by atoms with Gasteiger partial charge >= 0.3 is 0 Å². The fourth-order valence-corrected chi connectivity index (χ4v) is 0.902. The van der Waals surface area contributed by atoms with Crippen molar-refractivity contribution < 1.29 is 9.53 Å². The van der Waals surface area contributed by atoms with E-state index in [2.05, 4.69) is 9.97 Å². The maximum atomic E-state index is 10.1. The molecule has 0 fully saturated rings. The zero-order chi connectivity index (χ0) is 9.68. The molecule has 4 nitrogen and oxygen atoms in total. The van der Waals surface area contributed by atoms with E-state index >= 15 is 0 Å². The van der Waals surface area contributed by atoms with E-state index in [-0.39, 0.29) is 5.28 Å². The number of hydrogen-bond acceptors (Lipinski definition) is 4. The predicted molar refractivity (Wildman–Crippen MR) is 48.7 cm³/mol. The van der Waals surface area contributed by atoms with Crippen LogP contribution in [-0.2, 0) is 4.79 Å². The van der Waals surface area contributed by atoms with Crippen LogP contribution >= 0.6 is 11.6 Å². The maximum absolute atomic E-state index is 10.1. The SMILES string of the molecule is COc1nc(Cl)ncc1C=CC=O. The number of aromatic nitrogens is 2. The topological polar surface area (TPSA) is 52.1 Å². The van der Waals surface area contributed by atoms with Crippen molar-refractivity contribution in [1.82, 2.24) is 9.97 Å². The summed E-state index contributed by atoms with van der Waals surface area (Å²) >= 11 is 5.53. The lowest BCUT2D eigenvalue weighted by Gasteiger charge is -2.01. The lowest BCUT2D eigenvalue weighted by molar-refractivity contribution is -0.104. The van der Waals surface area contributed by atoms with Crippen molar-refractivity contribution in [2.75, 3.05) is 7.11 Å². The summed E-state index contributed by atoms with van der Waals surface area (Å²) in [5.41, 5.74) is 0.610. The quantitative estimate of drug-likeness (QED) is 0.418. The molecule has 0 aliphatic carbocycles. The van der Waals surface area contributed by atoms with E-state index in [1.807, 2.05) is 0 Å². The van der Waals surface area contributed by atoms with Crippen LogP contribution in [0.2, 0.25) is 5.28 Å². The fourth-order valence-electron chi connectivity index (χ4n) is 0.776. The standard InChI is InChI=1S/C8H7ClN2O2/c1-13-7-6(3-2-4-12)5-10-8(9)11-7/h2-5H,1H3. The number of carbonyl (C=O) groups is 1. The Hall–Kier alpha value is -1.42. The van der Waals surface area contributed by atoms with E-state index in [1.165, 1.54) is 19.4 Å². The number of halogens is 1. The highest BCUT2D eigenvalue weighted by Crippen LogP contribution is 2.16. The van der Waals surface area contributed by atoms with Crippen LogP contribution in [0.5, 0.6) is 5.88 Å². The fraction of sp³-hybridized carbons (Fsp3) is 0.125. The second-order valence-corrected chi connectivity index (χ2v) is 2.44. The van der Waals surface area contributed by atoms with Crippen LogP contribution in [0.1, 0.15) is 5.56 Å². The number of ether oxygens (including phenoxy) is 1. The van der Waals surface area contributed by atoms with Crippen LogP contribution in [0, 0.1) is 0 Å². The first-order valence-electron chi connectivity index (χ1n) is 3.46. The number of nitrogens with zero attached hydrogens (tertiary/aromatic N) is 2. The molecule has 0 saturated carbocycles. The van der Waals surface area contributed by atoms with E-state index in [4.69, 9.17) is 16.3 Å². The third kappa shape index (κ3) is 2.52. The maximum Gasteiger partial charge on any atom is 0.225 e. The molecule has 0 radical (unpaired) electrons. The Bertz CT molecular complexity index is 339. The van der Waals surface area contributed by atoms with Gasteiger partial charge < -0.3 is 4.74 Å². The van der Waals surface area contributed by atoms with E-state index < -0.39 is 0 Å². The molecule has 13 heavy (non-hydrogen) atoms. The third-order valence-corrected chi connectivity index (χ3v) is 1.48. The van der Waals surface area contributed by atoms with Crippen LogP contribution in [-0.4, -0.2) is 23.4 Å². The summed E-state index contributed by atoms with van der Waals surface area (Å²) in [5, 5.41) is 0.111. The Kier molecular flexibility index (Phi) is 3.40. The highest BCUT2D eigenvalue weighted by atomic mass is 35.5. The molecular formula is C8H7ClN2O2. The number of allylic oxidation sites excluding steroid dienone is 1. The lowest BCUT2D eigenvalue weighted by Crippen LogP contribution is -1.93. The number of carbonyl (C=O) groups excluding carboxylic acids is 1. The van der Waals surface area contributed by atoms with E-state index in [9.17, 15) is 4.79 Å². The van der Waals surface area contributed by atoms with E-state index in [0.29, 0.717) is 17.7 Å². The molecular weight excluding hydrogens is 192 g/mol. The molecule has 1 aromatic rings. The van der Waals surface area contributed by atoms with Gasteiger partial charge in [-0.2, -0.15) is 4.98 Å². The number of rotatable bonds is 3. The first-order chi connectivity index (χ1) is 6.27. The molecule has 0 amide bonds. The Morgan fingerprint density at radius 3 is 3.00 bits per heavy atom. The molecule has 1 aromatic heterocycles. The average molecular weight is 199 g/mol. The molecule has 1 rings (SSSR count). The first-order valence-corrected chi connectivity index (χ1v) is 3.84. The van der Waals surface area contributed by atoms with Gasteiger partial charge in [0.25, 0.3) is 0 Å². The summed E-state index contributed by atoms with van der Waals surface area (Å²) in [6.45, 7) is 0. The lowest BCUT2D eigenvalue weighted by atomic mass is 10.3. The van der Waals surface area contributed by atoms with Gasteiger partial charge in [-0.25, -0.2) is 4.98 Å². The van der Waals surface area contributed by atoms with Crippen molar-refractivity contribution in [1.29, 1.82) is 0 Å². The molecule has 0 N–H and O–H groups in total. The summed E-state index contributed by atoms with van der Waals surface area (Å²) < 4.78 is 4.92. The molecule has 0 atom stereocenters. The Morgan fingerprint density at radius 2 is 2.38 bits per heavy atom. The van der Waals surface area contributed by atoms with Crippen molar-refractivity contribution in [3.05, 3.63) is 23.1 Å². The molecule has 1 heterocycles. The van der Waals surface area contributed by atoms with Crippen molar-refractivity contribution in [2.24, 2.45) is 0 Å². The van der Waals surface area contributed by atoms with Gasteiger partial charge in [-0.1, -0.05) is 0 Å². The molecule has 0 aliphatic rings. The molecule has 0 saturated heterocycles. The van der Waals surface area contributed by atoms with Gasteiger partial charge in [0.1, 0.15) is 6.29 Å². The zero-order valence-corrected chi connectivity index (χ0v) is 7.65. The second-order valence-electron chi connectivity index (χ2n) is 2.10. The van der Waals surface area contributed by atoms with E-state index in [0.717, 1.165) is 0 Å². The Balaban J connectivity index is 3.05. The smallest absolute Gasteiger partial charge is 0.225 e. The number of hydrogen-bond donors (Lipinski definition) is 0. The molecule has 0 spiro atoms.